The van der Waals surface area contributed by atoms with Crippen molar-refractivity contribution in [2.75, 3.05) is 0 Å². The van der Waals surface area contributed by atoms with Crippen molar-refractivity contribution < 1.29 is 44.6 Å². The molecule has 9 nitrogen and oxygen atoms in total. The molecule has 1 fully saturated rings. The van der Waals surface area contributed by atoms with Crippen LogP contribution in [0.15, 0.2) is 60.7 Å². The highest BCUT2D eigenvalue weighted by molar-refractivity contribution is 6.01. The molecule has 0 radical (unpaired) electrons. The molecule has 1 unspecified atom stereocenters. The molecule has 3 rings (SSSR count). The standard InChI is InChI=1S/C24H24O9/c1-14-21(29)22(30)23(31)24(32-14,19(27)12-6-15-2-8-17(25)9-3-15)33-20(28)13-7-16-4-10-18(26)11-5-16/h2-14,21-23,25-26,29-31H,1H3/t14-,21-,22+,23+,24?/m1/s1. The van der Waals surface area contributed by atoms with Gasteiger partial charge in [-0.2, -0.15) is 0 Å². The lowest BCUT2D eigenvalue weighted by molar-refractivity contribution is -0.325. The smallest absolute Gasteiger partial charge is 0.333 e. The number of ether oxygens (including phenoxy) is 2. The van der Waals surface area contributed by atoms with E-state index in [0.717, 1.165) is 12.2 Å². The molecule has 1 aliphatic heterocycles. The van der Waals surface area contributed by atoms with E-state index in [4.69, 9.17) is 9.47 Å². The van der Waals surface area contributed by atoms with Gasteiger partial charge in [-0.1, -0.05) is 30.3 Å². The van der Waals surface area contributed by atoms with E-state index in [9.17, 15) is 35.1 Å². The van der Waals surface area contributed by atoms with Crippen molar-refractivity contribution in [1.29, 1.82) is 0 Å². The SMILES string of the molecule is C[C@H]1OC(OC(=O)C=Cc2ccc(O)cc2)(C(=O)C=Cc2ccc(O)cc2)[C@@H](O)[C@@H](O)[C@@H]1O. The van der Waals surface area contributed by atoms with Crippen molar-refractivity contribution in [2.24, 2.45) is 0 Å². The summed E-state index contributed by atoms with van der Waals surface area (Å²) in [5.41, 5.74) is 1.07. The Balaban J connectivity index is 1.88. The molecule has 0 saturated carbocycles. The highest BCUT2D eigenvalue weighted by Crippen LogP contribution is 2.33. The number of benzene rings is 2. The third kappa shape index (κ3) is 5.47. The molecular formula is C24H24O9. The van der Waals surface area contributed by atoms with Crippen LogP contribution in [0.25, 0.3) is 12.2 Å². The Labute approximate surface area is 189 Å². The fraction of sp³-hybridized carbons (Fsp3) is 0.250. The van der Waals surface area contributed by atoms with Crippen LogP contribution in [-0.4, -0.2) is 67.5 Å². The zero-order chi connectivity index (χ0) is 24.2. The number of rotatable bonds is 6. The number of carbonyl (C=O) groups is 2. The van der Waals surface area contributed by atoms with Crippen LogP contribution in [0.2, 0.25) is 0 Å². The van der Waals surface area contributed by atoms with Gasteiger partial charge in [0.25, 0.3) is 0 Å². The Hall–Kier alpha value is -3.50. The summed E-state index contributed by atoms with van der Waals surface area (Å²) in [5, 5.41) is 49.6. The minimum absolute atomic E-state index is 0.0289. The number of ketones is 1. The van der Waals surface area contributed by atoms with Crippen LogP contribution in [0.4, 0.5) is 0 Å². The van der Waals surface area contributed by atoms with E-state index in [-0.39, 0.29) is 11.5 Å². The second-order valence-electron chi connectivity index (χ2n) is 7.55. The van der Waals surface area contributed by atoms with E-state index in [2.05, 4.69) is 0 Å². The normalized spacial score (nSPS) is 27.6. The number of hydrogen-bond donors (Lipinski definition) is 5. The van der Waals surface area contributed by atoms with Crippen molar-refractivity contribution in [3.05, 3.63) is 71.8 Å². The van der Waals surface area contributed by atoms with E-state index in [1.807, 2.05) is 0 Å². The van der Waals surface area contributed by atoms with Gasteiger partial charge in [0, 0.05) is 6.08 Å². The molecule has 1 saturated heterocycles. The minimum Gasteiger partial charge on any atom is -0.508 e. The van der Waals surface area contributed by atoms with E-state index >= 15 is 0 Å². The molecule has 0 bridgehead atoms. The Bertz CT molecular complexity index is 1040. The lowest BCUT2D eigenvalue weighted by atomic mass is 9.90. The largest absolute Gasteiger partial charge is 0.508 e. The van der Waals surface area contributed by atoms with Crippen molar-refractivity contribution in [3.63, 3.8) is 0 Å². The molecule has 9 heteroatoms. The molecule has 0 amide bonds. The molecule has 1 aliphatic rings. The number of aromatic hydroxyl groups is 2. The summed E-state index contributed by atoms with van der Waals surface area (Å²) in [4.78, 5) is 25.6. The van der Waals surface area contributed by atoms with Crippen molar-refractivity contribution in [2.45, 2.75) is 37.1 Å². The topological polar surface area (TPSA) is 154 Å². The van der Waals surface area contributed by atoms with Crippen LogP contribution in [-0.2, 0) is 19.1 Å². The summed E-state index contributed by atoms with van der Waals surface area (Å²) >= 11 is 0. The van der Waals surface area contributed by atoms with Gasteiger partial charge in [-0.15, -0.1) is 0 Å². The summed E-state index contributed by atoms with van der Waals surface area (Å²) in [6.45, 7) is 1.35. The van der Waals surface area contributed by atoms with E-state index < -0.39 is 42.0 Å². The first-order valence-corrected chi connectivity index (χ1v) is 10.1. The molecule has 0 aromatic heterocycles. The number of carbonyl (C=O) groups excluding carboxylic acids is 2. The van der Waals surface area contributed by atoms with Gasteiger partial charge in [0.15, 0.2) is 6.10 Å². The summed E-state index contributed by atoms with van der Waals surface area (Å²) in [6, 6.07) is 11.8. The van der Waals surface area contributed by atoms with Gasteiger partial charge in [0.1, 0.15) is 23.7 Å². The van der Waals surface area contributed by atoms with Crippen molar-refractivity contribution in [3.8, 4) is 11.5 Å². The predicted molar refractivity (Wildman–Crippen MR) is 117 cm³/mol. The summed E-state index contributed by atoms with van der Waals surface area (Å²) < 4.78 is 10.7. The first kappa shape index (κ1) is 24.1. The van der Waals surface area contributed by atoms with Crippen LogP contribution in [0.1, 0.15) is 18.1 Å². The van der Waals surface area contributed by atoms with Gasteiger partial charge in [-0.3, -0.25) is 4.79 Å². The maximum absolute atomic E-state index is 13.1. The van der Waals surface area contributed by atoms with Gasteiger partial charge in [-0.25, -0.2) is 4.79 Å². The van der Waals surface area contributed by atoms with Gasteiger partial charge in [-0.05, 0) is 54.5 Å². The molecule has 2 aromatic carbocycles. The zero-order valence-corrected chi connectivity index (χ0v) is 17.6. The van der Waals surface area contributed by atoms with Gasteiger partial charge >= 0.3 is 11.8 Å². The quantitative estimate of drug-likeness (QED) is 0.318. The third-order valence-corrected chi connectivity index (χ3v) is 5.13. The highest BCUT2D eigenvalue weighted by atomic mass is 16.7. The molecule has 0 spiro atoms. The van der Waals surface area contributed by atoms with Crippen LogP contribution in [0.5, 0.6) is 11.5 Å². The Morgan fingerprint density at radius 1 is 0.848 bits per heavy atom. The van der Waals surface area contributed by atoms with Gasteiger partial charge < -0.3 is 35.0 Å². The van der Waals surface area contributed by atoms with Crippen molar-refractivity contribution in [1.82, 2.24) is 0 Å². The van der Waals surface area contributed by atoms with Crippen molar-refractivity contribution >= 4 is 23.9 Å². The number of phenolic OH excluding ortho intramolecular Hbond substituents is 2. The van der Waals surface area contributed by atoms with Crippen LogP contribution < -0.4 is 0 Å². The predicted octanol–water partition coefficient (Wildman–Crippen LogP) is 1.13. The highest BCUT2D eigenvalue weighted by Gasteiger charge is 2.59. The maximum Gasteiger partial charge on any atom is 0.333 e. The van der Waals surface area contributed by atoms with Crippen LogP contribution in [0.3, 0.4) is 0 Å². The lowest BCUT2D eigenvalue weighted by Crippen LogP contribution is -2.68. The second-order valence-corrected chi connectivity index (χ2v) is 7.55. The van der Waals surface area contributed by atoms with E-state index in [1.165, 1.54) is 67.6 Å². The molecule has 1 heterocycles. The molecule has 2 aromatic rings. The Kier molecular flexibility index (Phi) is 7.29. The maximum atomic E-state index is 13.1. The van der Waals surface area contributed by atoms with Crippen LogP contribution >= 0.6 is 0 Å². The first-order valence-electron chi connectivity index (χ1n) is 10.1. The van der Waals surface area contributed by atoms with Gasteiger partial charge in [0.2, 0.25) is 5.78 Å². The average molecular weight is 456 g/mol. The van der Waals surface area contributed by atoms with E-state index in [1.54, 1.807) is 0 Å². The molecule has 5 N–H and O–H groups in total. The molecule has 0 aliphatic carbocycles. The molecule has 33 heavy (non-hydrogen) atoms. The van der Waals surface area contributed by atoms with Gasteiger partial charge in [0.05, 0.1) is 6.10 Å². The lowest BCUT2D eigenvalue weighted by Gasteiger charge is -2.45. The minimum atomic E-state index is -2.61. The molecular weight excluding hydrogens is 432 g/mol. The molecule has 5 atom stereocenters. The fourth-order valence-electron chi connectivity index (χ4n) is 3.25. The number of phenols is 2. The summed E-state index contributed by atoms with van der Waals surface area (Å²) in [5.74, 6) is -4.57. The summed E-state index contributed by atoms with van der Waals surface area (Å²) in [7, 11) is 0. The summed E-state index contributed by atoms with van der Waals surface area (Å²) in [6.07, 6.45) is -1.87. The second kappa shape index (κ2) is 9.97. The Morgan fingerprint density at radius 2 is 1.33 bits per heavy atom. The van der Waals surface area contributed by atoms with E-state index in [0.29, 0.717) is 11.1 Å². The fourth-order valence-corrected chi connectivity index (χ4v) is 3.25. The number of aliphatic hydroxyl groups is 3. The average Bonchev–Trinajstić information content (AvgIpc) is 2.80. The number of hydrogen-bond acceptors (Lipinski definition) is 9. The van der Waals surface area contributed by atoms with Crippen LogP contribution in [0, 0.1) is 0 Å². The Morgan fingerprint density at radius 3 is 1.85 bits per heavy atom. The zero-order valence-electron chi connectivity index (χ0n) is 17.6. The number of aliphatic hydroxyl groups excluding tert-OH is 3. The molecule has 174 valence electrons. The third-order valence-electron chi connectivity index (χ3n) is 5.13. The number of esters is 1. The first-order chi connectivity index (χ1) is 15.6. The monoisotopic (exact) mass is 456 g/mol.